The van der Waals surface area contributed by atoms with Gasteiger partial charge in [-0.3, -0.25) is 24.5 Å². The smallest absolute Gasteiger partial charge is 0.269 e. The van der Waals surface area contributed by atoms with Crippen molar-refractivity contribution in [3.63, 3.8) is 0 Å². The molecule has 3 aromatic carbocycles. The van der Waals surface area contributed by atoms with Crippen LogP contribution >= 0.6 is 0 Å². The van der Waals surface area contributed by atoms with Crippen molar-refractivity contribution in [1.82, 2.24) is 0 Å². The zero-order valence-corrected chi connectivity index (χ0v) is 21.1. The fourth-order valence-electron chi connectivity index (χ4n) is 7.34. The van der Waals surface area contributed by atoms with E-state index in [-0.39, 0.29) is 17.2 Å². The lowest BCUT2D eigenvalue weighted by Crippen LogP contribution is -2.41. The highest BCUT2D eigenvalue weighted by molar-refractivity contribution is 6.34. The molecule has 0 spiro atoms. The van der Waals surface area contributed by atoms with Crippen molar-refractivity contribution in [3.05, 3.63) is 106 Å². The van der Waals surface area contributed by atoms with Crippen LogP contribution in [0.2, 0.25) is 0 Å². The number of nitrogens with zero attached hydrogens (tertiary/aromatic N) is 2. The van der Waals surface area contributed by atoms with Crippen LogP contribution in [0, 0.1) is 32.8 Å². The molecule has 6 rings (SSSR count). The van der Waals surface area contributed by atoms with Gasteiger partial charge in [0.15, 0.2) is 5.78 Å². The van der Waals surface area contributed by atoms with Crippen LogP contribution in [0.1, 0.15) is 37.8 Å². The van der Waals surface area contributed by atoms with Crippen LogP contribution in [0.15, 0.2) is 84.9 Å². The van der Waals surface area contributed by atoms with Crippen molar-refractivity contribution in [2.24, 2.45) is 22.7 Å². The number of allylic oxidation sites excluding steroid dienone is 2. The molecule has 0 N–H and O–H groups in total. The van der Waals surface area contributed by atoms with Gasteiger partial charge in [-0.15, -0.1) is 0 Å². The Kier molecular flexibility index (Phi) is 5.24. The van der Waals surface area contributed by atoms with E-state index in [1.807, 2.05) is 74.5 Å². The van der Waals surface area contributed by atoms with Gasteiger partial charge in [0.25, 0.3) is 5.69 Å². The summed E-state index contributed by atoms with van der Waals surface area (Å²) in [6.45, 7) is 3.82. The molecule has 38 heavy (non-hydrogen) atoms. The maximum absolute atomic E-state index is 14.6. The second-order valence-corrected chi connectivity index (χ2v) is 10.5. The normalized spacial score (nSPS) is 27.8. The maximum Gasteiger partial charge on any atom is 0.269 e. The summed E-state index contributed by atoms with van der Waals surface area (Å²) in [4.78, 5) is 54.7. The maximum atomic E-state index is 14.6. The number of nitro groups is 1. The van der Waals surface area contributed by atoms with Crippen LogP contribution in [0.3, 0.4) is 0 Å². The molecule has 2 bridgehead atoms. The van der Waals surface area contributed by atoms with Crippen molar-refractivity contribution >= 4 is 40.1 Å². The summed E-state index contributed by atoms with van der Waals surface area (Å²) in [5, 5.41) is 11.2. The van der Waals surface area contributed by atoms with Crippen LogP contribution in [-0.4, -0.2) is 22.5 Å². The average molecular weight is 507 g/mol. The molecule has 7 heteroatoms. The molecule has 2 aliphatic carbocycles. The number of fused-ring (bicyclic) bond motifs is 5. The molecule has 0 radical (unpaired) electrons. The Bertz CT molecular complexity index is 1530. The van der Waals surface area contributed by atoms with Crippen molar-refractivity contribution in [2.75, 3.05) is 4.90 Å². The molecule has 1 saturated carbocycles. The van der Waals surface area contributed by atoms with E-state index in [1.165, 1.54) is 24.3 Å². The van der Waals surface area contributed by atoms with Gasteiger partial charge in [-0.25, -0.2) is 4.90 Å². The number of non-ortho nitro benzene ring substituents is 1. The van der Waals surface area contributed by atoms with Gasteiger partial charge in [0.2, 0.25) is 11.8 Å². The number of imide groups is 1. The second-order valence-electron chi connectivity index (χ2n) is 10.5. The molecule has 190 valence electrons. The van der Waals surface area contributed by atoms with E-state index in [1.54, 1.807) is 0 Å². The molecule has 1 saturated heterocycles. The number of Topliss-reactive ketones (excluding diaryl/α,β-unsaturated/α-hetero) is 1. The van der Waals surface area contributed by atoms with Gasteiger partial charge in [-0.1, -0.05) is 74.0 Å². The predicted molar refractivity (Wildman–Crippen MR) is 143 cm³/mol. The topological polar surface area (TPSA) is 97.6 Å². The molecule has 1 aliphatic heterocycles. The summed E-state index contributed by atoms with van der Waals surface area (Å²) >= 11 is 0. The summed E-state index contributed by atoms with van der Waals surface area (Å²) in [6.07, 6.45) is 1.10. The first-order valence-corrected chi connectivity index (χ1v) is 12.8. The molecule has 3 aliphatic rings. The largest absolute Gasteiger partial charge is 0.298 e. The van der Waals surface area contributed by atoms with Gasteiger partial charge in [-0.2, -0.15) is 0 Å². The molecule has 2 fully saturated rings. The van der Waals surface area contributed by atoms with E-state index >= 15 is 0 Å². The first kappa shape index (κ1) is 24.0. The first-order valence-electron chi connectivity index (χ1n) is 12.8. The highest BCUT2D eigenvalue weighted by atomic mass is 16.6. The van der Waals surface area contributed by atoms with Gasteiger partial charge in [0, 0.05) is 12.1 Å². The molecule has 0 unspecified atom stereocenters. The van der Waals surface area contributed by atoms with Crippen LogP contribution in [0.4, 0.5) is 11.4 Å². The number of hydrogen-bond acceptors (Lipinski definition) is 5. The number of rotatable bonds is 6. The van der Waals surface area contributed by atoms with E-state index in [4.69, 9.17) is 0 Å². The third-order valence-electron chi connectivity index (χ3n) is 8.64. The Balaban J connectivity index is 1.61. The van der Waals surface area contributed by atoms with Gasteiger partial charge < -0.3 is 0 Å². The van der Waals surface area contributed by atoms with Gasteiger partial charge in [0.05, 0.1) is 33.3 Å². The van der Waals surface area contributed by atoms with E-state index in [0.717, 1.165) is 27.2 Å². The van der Waals surface area contributed by atoms with E-state index in [9.17, 15) is 24.5 Å². The fraction of sp³-hybridized carbons (Fsp3) is 0.258. The van der Waals surface area contributed by atoms with Crippen molar-refractivity contribution < 1.29 is 19.3 Å². The van der Waals surface area contributed by atoms with Crippen LogP contribution in [0.5, 0.6) is 0 Å². The number of hydrogen-bond donors (Lipinski definition) is 0. The Morgan fingerprint density at radius 1 is 0.789 bits per heavy atom. The highest BCUT2D eigenvalue weighted by Gasteiger charge is 2.80. The van der Waals surface area contributed by atoms with Crippen LogP contribution in [0.25, 0.3) is 11.1 Å². The molecule has 7 nitrogen and oxygen atoms in total. The number of ketones is 1. The number of carbonyl (C=O) groups is 3. The quantitative estimate of drug-likeness (QED) is 0.243. The van der Waals surface area contributed by atoms with Crippen LogP contribution in [-0.2, 0) is 14.4 Å². The lowest BCUT2D eigenvalue weighted by molar-refractivity contribution is -0.384. The first-order chi connectivity index (χ1) is 18.3. The number of amides is 2. The lowest BCUT2D eigenvalue weighted by Gasteiger charge is -2.37. The lowest BCUT2D eigenvalue weighted by atomic mass is 9.61. The summed E-state index contributed by atoms with van der Waals surface area (Å²) in [7, 11) is 0. The van der Waals surface area contributed by atoms with Crippen LogP contribution < -0.4 is 4.90 Å². The van der Waals surface area contributed by atoms with Gasteiger partial charge in [-0.05, 0) is 47.8 Å². The summed E-state index contributed by atoms with van der Waals surface area (Å²) < 4.78 is 0. The zero-order chi connectivity index (χ0) is 26.8. The standard InChI is InChI=1S/C31H26N2O5/c1-3-18-31-24(20-12-8-5-9-13-20)23(19-10-6-4-7-11-19)30(2,29(31)36)25-26(31)28(35)32(27(25)34)21-14-16-22(17-15-21)33(37)38/h4-17,25-26H,3,18H2,1-2H3/t25-,26+,30-,31+/m0/s1. The van der Waals surface area contributed by atoms with Gasteiger partial charge >= 0.3 is 0 Å². The number of anilines is 1. The minimum Gasteiger partial charge on any atom is -0.298 e. The number of nitro benzene ring substituents is 1. The second kappa shape index (κ2) is 8.31. The number of benzene rings is 3. The fourth-order valence-corrected chi connectivity index (χ4v) is 7.34. The van der Waals surface area contributed by atoms with Gasteiger partial charge in [0.1, 0.15) is 0 Å². The number of carbonyl (C=O) groups excluding carboxylic acids is 3. The molecule has 0 aromatic heterocycles. The van der Waals surface area contributed by atoms with Crippen molar-refractivity contribution in [2.45, 2.75) is 26.7 Å². The summed E-state index contributed by atoms with van der Waals surface area (Å²) in [5.74, 6) is -2.61. The average Bonchev–Trinajstić information content (AvgIpc) is 3.39. The third-order valence-corrected chi connectivity index (χ3v) is 8.64. The SMILES string of the molecule is CCC[C@@]12C(=O)[C@@](C)(C(c3ccccc3)=C1c1ccccc1)[C@@H]1C(=O)N(c3ccc([N+](=O)[O-])cc3)C(=O)[C@@H]12. The molecular formula is C31H26N2O5. The summed E-state index contributed by atoms with van der Waals surface area (Å²) in [5.41, 5.74) is 1.21. The molecule has 1 heterocycles. The Hall–Kier alpha value is -4.39. The van der Waals surface area contributed by atoms with Crippen molar-refractivity contribution in [1.29, 1.82) is 0 Å². The minimum absolute atomic E-state index is 0.0652. The third kappa shape index (κ3) is 2.87. The molecule has 2 amide bonds. The Morgan fingerprint density at radius 2 is 1.32 bits per heavy atom. The van der Waals surface area contributed by atoms with E-state index < -0.39 is 39.4 Å². The van der Waals surface area contributed by atoms with Crippen molar-refractivity contribution in [3.8, 4) is 0 Å². The molecular weight excluding hydrogens is 480 g/mol. The van der Waals surface area contributed by atoms with E-state index in [2.05, 4.69) is 0 Å². The minimum atomic E-state index is -1.20. The Morgan fingerprint density at radius 3 is 1.84 bits per heavy atom. The molecule has 3 aromatic rings. The summed E-state index contributed by atoms with van der Waals surface area (Å²) in [6, 6.07) is 24.8. The Labute approximate surface area is 219 Å². The van der Waals surface area contributed by atoms with E-state index in [0.29, 0.717) is 12.8 Å². The monoisotopic (exact) mass is 506 g/mol. The highest BCUT2D eigenvalue weighted by Crippen LogP contribution is 2.74. The molecule has 4 atom stereocenters. The zero-order valence-electron chi connectivity index (χ0n) is 21.1. The predicted octanol–water partition coefficient (Wildman–Crippen LogP) is 5.70.